The van der Waals surface area contributed by atoms with Crippen molar-refractivity contribution in [3.8, 4) is 0 Å². The van der Waals surface area contributed by atoms with Crippen LogP contribution in [-0.4, -0.2) is 44.3 Å². The van der Waals surface area contributed by atoms with Gasteiger partial charge in [-0.2, -0.15) is 0 Å². The summed E-state index contributed by atoms with van der Waals surface area (Å²) in [5.41, 5.74) is 0. The van der Waals surface area contributed by atoms with Gasteiger partial charge >= 0.3 is 5.97 Å². The van der Waals surface area contributed by atoms with Crippen molar-refractivity contribution in [2.24, 2.45) is 0 Å². The van der Waals surface area contributed by atoms with Crippen molar-refractivity contribution in [2.75, 3.05) is 27.9 Å². The third-order valence-corrected chi connectivity index (χ3v) is 2.89. The molecule has 0 radical (unpaired) electrons. The minimum Gasteiger partial charge on any atom is -0.468 e. The number of ether oxygens (including phenoxy) is 3. The summed E-state index contributed by atoms with van der Waals surface area (Å²) in [7, 11) is 4.52. The maximum atomic E-state index is 11.4. The summed E-state index contributed by atoms with van der Waals surface area (Å²) in [6.07, 6.45) is 0.360. The largest absolute Gasteiger partial charge is 0.468 e. The van der Waals surface area contributed by atoms with Crippen molar-refractivity contribution in [2.45, 2.75) is 23.8 Å². The van der Waals surface area contributed by atoms with Crippen LogP contribution in [0.25, 0.3) is 0 Å². The van der Waals surface area contributed by atoms with Crippen molar-refractivity contribution in [3.05, 3.63) is 0 Å². The van der Waals surface area contributed by atoms with Crippen LogP contribution in [0.2, 0.25) is 0 Å². The van der Waals surface area contributed by atoms with Crippen molar-refractivity contribution in [1.82, 2.24) is 0 Å². The molecule has 0 spiro atoms. The number of hydrogen-bond donors (Lipinski definition) is 0. The highest BCUT2D eigenvalue weighted by Crippen LogP contribution is 2.27. The maximum Gasteiger partial charge on any atom is 0.325 e. The quantitative estimate of drug-likeness (QED) is 0.539. The topological polar surface area (TPSA) is 44.8 Å². The summed E-state index contributed by atoms with van der Waals surface area (Å²) in [4.78, 5) is 11.4. The van der Waals surface area contributed by atoms with Gasteiger partial charge in [-0.3, -0.25) is 4.79 Å². The van der Waals surface area contributed by atoms with Gasteiger partial charge in [-0.05, 0) is 13.3 Å². The molecule has 2 atom stereocenters. The maximum absolute atomic E-state index is 11.4. The lowest BCUT2D eigenvalue weighted by molar-refractivity contribution is -0.146. The summed E-state index contributed by atoms with van der Waals surface area (Å²) in [6, 6.07) is 0. The lowest BCUT2D eigenvalue weighted by Crippen LogP contribution is -2.43. The molecule has 0 aliphatic heterocycles. The average Bonchev–Trinajstić information content (AvgIpc) is 2.17. The molecule has 84 valence electrons. The van der Waals surface area contributed by atoms with E-state index in [4.69, 9.17) is 9.47 Å². The second-order valence-corrected chi connectivity index (χ2v) is 4.72. The zero-order chi connectivity index (χ0) is 11.2. The molecule has 0 unspecified atom stereocenters. The number of halogens is 1. The molecule has 0 fully saturated rings. The van der Waals surface area contributed by atoms with Crippen LogP contribution < -0.4 is 0 Å². The van der Waals surface area contributed by atoms with Gasteiger partial charge in [0.05, 0.1) is 13.2 Å². The van der Waals surface area contributed by atoms with E-state index in [1.807, 2.05) is 0 Å². The number of carbonyl (C=O) groups is 1. The van der Waals surface area contributed by atoms with Crippen LogP contribution in [0.4, 0.5) is 0 Å². The van der Waals surface area contributed by atoms with Crippen LogP contribution in [0.1, 0.15) is 13.3 Å². The van der Waals surface area contributed by atoms with Crippen molar-refractivity contribution >= 4 is 21.9 Å². The first-order valence-electron chi connectivity index (χ1n) is 4.29. The molecular weight excluding hydrogens is 252 g/mol. The van der Waals surface area contributed by atoms with E-state index in [1.54, 1.807) is 21.1 Å². The zero-order valence-electron chi connectivity index (χ0n) is 9.00. The SMILES string of the molecule is COCC[C@@H](OC)[C@](C)(Br)C(=O)OC. The fourth-order valence-corrected chi connectivity index (χ4v) is 1.74. The smallest absolute Gasteiger partial charge is 0.325 e. The van der Waals surface area contributed by atoms with Crippen LogP contribution in [0.3, 0.4) is 0 Å². The Balaban J connectivity index is 4.39. The van der Waals surface area contributed by atoms with Gasteiger partial charge < -0.3 is 14.2 Å². The molecule has 0 aromatic heterocycles. The Labute approximate surface area is 93.0 Å². The number of esters is 1. The van der Waals surface area contributed by atoms with Gasteiger partial charge in [0.15, 0.2) is 0 Å². The first-order chi connectivity index (χ1) is 6.50. The molecule has 5 heteroatoms. The first-order valence-corrected chi connectivity index (χ1v) is 5.09. The van der Waals surface area contributed by atoms with E-state index in [-0.39, 0.29) is 12.1 Å². The Morgan fingerprint density at radius 3 is 2.36 bits per heavy atom. The Bertz CT molecular complexity index is 182. The molecule has 4 nitrogen and oxygen atoms in total. The van der Waals surface area contributed by atoms with Gasteiger partial charge in [0.1, 0.15) is 4.32 Å². The second-order valence-electron chi connectivity index (χ2n) is 3.07. The van der Waals surface area contributed by atoms with Crippen LogP contribution >= 0.6 is 15.9 Å². The van der Waals surface area contributed by atoms with Gasteiger partial charge in [-0.15, -0.1) is 0 Å². The minimum absolute atomic E-state index is 0.269. The summed E-state index contributed by atoms with van der Waals surface area (Å²) < 4.78 is 14.0. The van der Waals surface area contributed by atoms with Crippen LogP contribution in [-0.2, 0) is 19.0 Å². The predicted octanol–water partition coefficient (Wildman–Crippen LogP) is 1.36. The summed E-state index contributed by atoms with van der Waals surface area (Å²) in [5.74, 6) is -0.347. The van der Waals surface area contributed by atoms with Crippen LogP contribution in [0, 0.1) is 0 Å². The molecule has 0 aromatic rings. The minimum atomic E-state index is -0.824. The standard InChI is InChI=1S/C9H17BrO4/c1-9(10,8(11)14-4)7(13-3)5-6-12-2/h7H,5-6H2,1-4H3/t7-,9+/m1/s1. The molecule has 0 aromatic carbocycles. The van der Waals surface area contributed by atoms with E-state index >= 15 is 0 Å². The normalized spacial score (nSPS) is 17.2. The third kappa shape index (κ3) is 3.55. The molecule has 0 bridgehead atoms. The van der Waals surface area contributed by atoms with E-state index in [0.29, 0.717) is 13.0 Å². The molecular formula is C9H17BrO4. The van der Waals surface area contributed by atoms with Crippen molar-refractivity contribution < 1.29 is 19.0 Å². The Kier molecular flexibility index (Phi) is 6.31. The molecule has 0 heterocycles. The molecule has 0 amide bonds. The van der Waals surface area contributed by atoms with E-state index < -0.39 is 4.32 Å². The molecule has 0 aliphatic carbocycles. The van der Waals surface area contributed by atoms with Gasteiger partial charge in [0, 0.05) is 20.8 Å². The van der Waals surface area contributed by atoms with Gasteiger partial charge in [-0.1, -0.05) is 15.9 Å². The van der Waals surface area contributed by atoms with Gasteiger partial charge in [-0.25, -0.2) is 0 Å². The first kappa shape index (κ1) is 13.9. The van der Waals surface area contributed by atoms with Crippen LogP contribution in [0.15, 0.2) is 0 Å². The zero-order valence-corrected chi connectivity index (χ0v) is 10.6. The van der Waals surface area contributed by atoms with Crippen LogP contribution in [0.5, 0.6) is 0 Å². The summed E-state index contributed by atoms with van der Waals surface area (Å²) in [5, 5.41) is 0. The highest BCUT2D eigenvalue weighted by Gasteiger charge is 2.40. The van der Waals surface area contributed by atoms with Gasteiger partial charge in [0.2, 0.25) is 0 Å². The highest BCUT2D eigenvalue weighted by molar-refractivity contribution is 9.10. The van der Waals surface area contributed by atoms with E-state index in [1.165, 1.54) is 7.11 Å². The monoisotopic (exact) mass is 268 g/mol. The summed E-state index contributed by atoms with van der Waals surface area (Å²) in [6.45, 7) is 2.26. The molecule has 0 saturated heterocycles. The van der Waals surface area contributed by atoms with Crippen molar-refractivity contribution in [3.63, 3.8) is 0 Å². The van der Waals surface area contributed by atoms with Gasteiger partial charge in [0.25, 0.3) is 0 Å². The highest BCUT2D eigenvalue weighted by atomic mass is 79.9. The van der Waals surface area contributed by atoms with E-state index in [2.05, 4.69) is 20.7 Å². The molecule has 14 heavy (non-hydrogen) atoms. The number of methoxy groups -OCH3 is 3. The molecule has 0 rings (SSSR count). The molecule has 0 saturated carbocycles. The van der Waals surface area contributed by atoms with E-state index in [0.717, 1.165) is 0 Å². The number of rotatable bonds is 6. The molecule has 0 aliphatic rings. The lowest BCUT2D eigenvalue weighted by atomic mass is 10.0. The Hall–Kier alpha value is -0.130. The van der Waals surface area contributed by atoms with Crippen molar-refractivity contribution in [1.29, 1.82) is 0 Å². The summed E-state index contributed by atoms with van der Waals surface area (Å²) >= 11 is 3.31. The predicted molar refractivity (Wildman–Crippen MR) is 56.6 cm³/mol. The third-order valence-electron chi connectivity index (χ3n) is 2.06. The molecule has 0 N–H and O–H groups in total. The number of alkyl halides is 1. The number of carbonyl (C=O) groups excluding carboxylic acids is 1. The van der Waals surface area contributed by atoms with E-state index in [9.17, 15) is 4.79 Å². The fraction of sp³-hybridized carbons (Fsp3) is 0.889. The Morgan fingerprint density at radius 2 is 2.00 bits per heavy atom. The number of hydrogen-bond acceptors (Lipinski definition) is 4. The lowest BCUT2D eigenvalue weighted by Gasteiger charge is -2.28. The second kappa shape index (κ2) is 6.37. The Morgan fingerprint density at radius 1 is 1.43 bits per heavy atom. The fourth-order valence-electron chi connectivity index (χ4n) is 1.17. The average molecular weight is 269 g/mol.